The van der Waals surface area contributed by atoms with Gasteiger partial charge in [-0.15, -0.1) is 5.10 Å². The van der Waals surface area contributed by atoms with Gasteiger partial charge in [0.2, 0.25) is 0 Å². The molecule has 0 fully saturated rings. The summed E-state index contributed by atoms with van der Waals surface area (Å²) in [4.78, 5) is 21.7. The first-order valence-electron chi connectivity index (χ1n) is 6.39. The molecule has 8 heteroatoms. The lowest BCUT2D eigenvalue weighted by atomic mass is 10.1. The summed E-state index contributed by atoms with van der Waals surface area (Å²) in [6, 6.07) is 4.59. The maximum absolute atomic E-state index is 11.2. The van der Waals surface area contributed by atoms with Gasteiger partial charge in [-0.2, -0.15) is 0 Å². The molecule has 21 heavy (non-hydrogen) atoms. The Hall–Kier alpha value is -2.77. The predicted molar refractivity (Wildman–Crippen MR) is 73.7 cm³/mol. The molecule has 110 valence electrons. The Kier molecular flexibility index (Phi) is 3.97. The SMILES string of the molecule is CCCc1c(C(=O)O)nnn1-c1cccc([N+](=O)[O-])c1C. The van der Waals surface area contributed by atoms with Crippen molar-refractivity contribution in [3.8, 4) is 5.69 Å². The quantitative estimate of drug-likeness (QED) is 0.667. The molecule has 0 aliphatic carbocycles. The van der Waals surface area contributed by atoms with Gasteiger partial charge in [0, 0.05) is 6.07 Å². The third-order valence-electron chi connectivity index (χ3n) is 3.15. The predicted octanol–water partition coefficient (Wildman–Crippen LogP) is 2.13. The third-order valence-corrected chi connectivity index (χ3v) is 3.15. The molecule has 8 nitrogen and oxygen atoms in total. The van der Waals surface area contributed by atoms with Gasteiger partial charge in [0.05, 0.1) is 21.9 Å². The standard InChI is InChI=1S/C13H14N4O4/c1-3-5-11-12(13(18)19)14-15-16(11)9-6-4-7-10(8(9)2)17(20)21/h4,6-7H,3,5H2,1-2H3,(H,18,19). The second-order valence-corrected chi connectivity index (χ2v) is 4.53. The fraction of sp³-hybridized carbons (Fsp3) is 0.308. The molecular formula is C13H14N4O4. The minimum absolute atomic E-state index is 0.0395. The Balaban J connectivity index is 2.65. The van der Waals surface area contributed by atoms with Crippen LogP contribution in [0.15, 0.2) is 18.2 Å². The summed E-state index contributed by atoms with van der Waals surface area (Å²) < 4.78 is 1.37. The molecule has 0 aliphatic rings. The number of aromatic carboxylic acids is 1. The van der Waals surface area contributed by atoms with Crippen LogP contribution in [-0.4, -0.2) is 31.0 Å². The van der Waals surface area contributed by atoms with Crippen molar-refractivity contribution in [3.05, 3.63) is 45.3 Å². The summed E-state index contributed by atoms with van der Waals surface area (Å²) in [5, 5.41) is 27.7. The van der Waals surface area contributed by atoms with Gasteiger partial charge in [0.25, 0.3) is 5.69 Å². The Morgan fingerprint density at radius 2 is 2.19 bits per heavy atom. The van der Waals surface area contributed by atoms with Gasteiger partial charge in [0.15, 0.2) is 5.69 Å². The third kappa shape index (κ3) is 2.60. The lowest BCUT2D eigenvalue weighted by Gasteiger charge is -2.09. The van der Waals surface area contributed by atoms with Crippen molar-refractivity contribution in [1.82, 2.24) is 15.0 Å². The number of carboxylic acids is 1. The normalized spacial score (nSPS) is 10.6. The van der Waals surface area contributed by atoms with E-state index in [1.807, 2.05) is 6.92 Å². The number of aromatic nitrogens is 3. The van der Waals surface area contributed by atoms with E-state index in [1.165, 1.54) is 16.8 Å². The summed E-state index contributed by atoms with van der Waals surface area (Å²) in [5.41, 5.74) is 1.16. The van der Waals surface area contributed by atoms with E-state index in [0.29, 0.717) is 29.8 Å². The van der Waals surface area contributed by atoms with Crippen molar-refractivity contribution in [2.75, 3.05) is 0 Å². The smallest absolute Gasteiger partial charge is 0.358 e. The highest BCUT2D eigenvalue weighted by atomic mass is 16.6. The van der Waals surface area contributed by atoms with Crippen LogP contribution in [0.2, 0.25) is 0 Å². The number of nitro groups is 1. The summed E-state index contributed by atoms with van der Waals surface area (Å²) in [6.45, 7) is 3.51. The number of rotatable bonds is 5. The number of hydrogen-bond donors (Lipinski definition) is 1. The summed E-state index contributed by atoms with van der Waals surface area (Å²) in [6.07, 6.45) is 1.18. The van der Waals surface area contributed by atoms with Crippen molar-refractivity contribution in [2.45, 2.75) is 26.7 Å². The summed E-state index contributed by atoms with van der Waals surface area (Å²) in [7, 11) is 0. The maximum Gasteiger partial charge on any atom is 0.358 e. The first-order chi connectivity index (χ1) is 9.97. The molecule has 0 unspecified atom stereocenters. The molecule has 2 aromatic rings. The Bertz CT molecular complexity index is 708. The largest absolute Gasteiger partial charge is 0.476 e. The van der Waals surface area contributed by atoms with E-state index in [1.54, 1.807) is 13.0 Å². The van der Waals surface area contributed by atoms with Gasteiger partial charge < -0.3 is 5.11 Å². The average molecular weight is 290 g/mol. The molecule has 0 saturated carbocycles. The lowest BCUT2D eigenvalue weighted by Crippen LogP contribution is -2.08. The molecule has 0 amide bonds. The topological polar surface area (TPSA) is 111 Å². The van der Waals surface area contributed by atoms with E-state index < -0.39 is 10.9 Å². The van der Waals surface area contributed by atoms with E-state index in [4.69, 9.17) is 5.11 Å². The fourth-order valence-corrected chi connectivity index (χ4v) is 2.16. The van der Waals surface area contributed by atoms with Gasteiger partial charge in [0.1, 0.15) is 0 Å². The van der Waals surface area contributed by atoms with Crippen molar-refractivity contribution >= 4 is 11.7 Å². The molecule has 2 rings (SSSR count). The van der Waals surface area contributed by atoms with Gasteiger partial charge in [-0.3, -0.25) is 10.1 Å². The Morgan fingerprint density at radius 1 is 1.48 bits per heavy atom. The number of nitrogens with zero attached hydrogens (tertiary/aromatic N) is 4. The van der Waals surface area contributed by atoms with E-state index in [2.05, 4.69) is 10.3 Å². The van der Waals surface area contributed by atoms with Crippen LogP contribution in [0.3, 0.4) is 0 Å². The van der Waals surface area contributed by atoms with Crippen LogP contribution in [0, 0.1) is 17.0 Å². The van der Waals surface area contributed by atoms with Gasteiger partial charge in [-0.25, -0.2) is 9.48 Å². The number of carbonyl (C=O) groups is 1. The summed E-state index contributed by atoms with van der Waals surface area (Å²) in [5.74, 6) is -1.16. The molecule has 0 bridgehead atoms. The second kappa shape index (κ2) is 5.70. The monoisotopic (exact) mass is 290 g/mol. The van der Waals surface area contributed by atoms with E-state index >= 15 is 0 Å². The molecule has 1 aromatic carbocycles. The van der Waals surface area contributed by atoms with Crippen molar-refractivity contribution in [2.24, 2.45) is 0 Å². The number of hydrogen-bond acceptors (Lipinski definition) is 5. The van der Waals surface area contributed by atoms with Gasteiger partial charge in [-0.1, -0.05) is 24.6 Å². The molecule has 1 heterocycles. The minimum Gasteiger partial charge on any atom is -0.476 e. The van der Waals surface area contributed by atoms with Crippen LogP contribution >= 0.6 is 0 Å². The van der Waals surface area contributed by atoms with E-state index in [0.717, 1.165) is 0 Å². The first kappa shape index (κ1) is 14.6. The highest BCUT2D eigenvalue weighted by Crippen LogP contribution is 2.25. The zero-order valence-electron chi connectivity index (χ0n) is 11.6. The van der Waals surface area contributed by atoms with Crippen molar-refractivity contribution in [1.29, 1.82) is 0 Å². The molecule has 0 atom stereocenters. The van der Waals surface area contributed by atoms with Crippen LogP contribution in [0.5, 0.6) is 0 Å². The molecule has 1 aromatic heterocycles. The Morgan fingerprint density at radius 3 is 2.76 bits per heavy atom. The van der Waals surface area contributed by atoms with Crippen LogP contribution in [0.25, 0.3) is 5.69 Å². The molecular weight excluding hydrogens is 276 g/mol. The van der Waals surface area contributed by atoms with Crippen LogP contribution in [0.1, 0.15) is 35.1 Å². The number of benzene rings is 1. The molecule has 1 N–H and O–H groups in total. The molecule has 0 saturated heterocycles. The highest BCUT2D eigenvalue weighted by Gasteiger charge is 2.22. The van der Waals surface area contributed by atoms with Crippen molar-refractivity contribution < 1.29 is 14.8 Å². The Labute approximate surface area is 120 Å². The fourth-order valence-electron chi connectivity index (χ4n) is 2.16. The first-order valence-corrected chi connectivity index (χ1v) is 6.39. The minimum atomic E-state index is -1.16. The zero-order valence-corrected chi connectivity index (χ0v) is 11.6. The van der Waals surface area contributed by atoms with Crippen LogP contribution < -0.4 is 0 Å². The zero-order chi connectivity index (χ0) is 15.6. The molecule has 0 spiro atoms. The van der Waals surface area contributed by atoms with Gasteiger partial charge >= 0.3 is 5.97 Å². The maximum atomic E-state index is 11.2. The van der Waals surface area contributed by atoms with Crippen LogP contribution in [-0.2, 0) is 6.42 Å². The molecule has 0 aliphatic heterocycles. The van der Waals surface area contributed by atoms with Gasteiger partial charge in [-0.05, 0) is 19.4 Å². The number of carboxylic acid groups (broad SMARTS) is 1. The van der Waals surface area contributed by atoms with E-state index in [-0.39, 0.29) is 11.4 Å². The van der Waals surface area contributed by atoms with Crippen LogP contribution in [0.4, 0.5) is 5.69 Å². The lowest BCUT2D eigenvalue weighted by molar-refractivity contribution is -0.385. The molecule has 0 radical (unpaired) electrons. The average Bonchev–Trinajstić information content (AvgIpc) is 2.83. The van der Waals surface area contributed by atoms with E-state index in [9.17, 15) is 14.9 Å². The highest BCUT2D eigenvalue weighted by molar-refractivity contribution is 5.86. The second-order valence-electron chi connectivity index (χ2n) is 4.53. The summed E-state index contributed by atoms with van der Waals surface area (Å²) >= 11 is 0. The van der Waals surface area contributed by atoms with Crippen molar-refractivity contribution in [3.63, 3.8) is 0 Å². The number of nitro benzene ring substituents is 1.